The molecule has 4 rings (SSSR count). The van der Waals surface area contributed by atoms with Gasteiger partial charge in [0.15, 0.2) is 11.6 Å². The highest BCUT2D eigenvalue weighted by atomic mass is 16.9. The van der Waals surface area contributed by atoms with Crippen LogP contribution in [-0.4, -0.2) is 48.3 Å². The van der Waals surface area contributed by atoms with Crippen molar-refractivity contribution >= 4 is 24.0 Å². The Labute approximate surface area is 232 Å². The van der Waals surface area contributed by atoms with Crippen LogP contribution in [0.5, 0.6) is 0 Å². The molecule has 3 saturated carbocycles. The van der Waals surface area contributed by atoms with Gasteiger partial charge in [0.1, 0.15) is 12.5 Å². The van der Waals surface area contributed by atoms with E-state index in [-0.39, 0.29) is 47.3 Å². The monoisotopic (exact) mass is 546 g/mol. The average molecular weight is 547 g/mol. The van der Waals surface area contributed by atoms with Crippen molar-refractivity contribution in [2.45, 2.75) is 104 Å². The van der Waals surface area contributed by atoms with Gasteiger partial charge in [-0.05, 0) is 86.0 Å². The van der Waals surface area contributed by atoms with Gasteiger partial charge in [0.25, 0.3) is 6.47 Å². The maximum Gasteiger partial charge on any atom is 0.386 e. The summed E-state index contributed by atoms with van der Waals surface area (Å²) in [6.07, 6.45) is 11.1. The molecule has 0 aromatic carbocycles. The Hall–Kier alpha value is -2.06. The van der Waals surface area contributed by atoms with Crippen LogP contribution in [0.3, 0.4) is 0 Å². The summed E-state index contributed by atoms with van der Waals surface area (Å²) in [7, 11) is 0. The molecule has 3 fully saturated rings. The summed E-state index contributed by atoms with van der Waals surface area (Å²) >= 11 is 0. The highest BCUT2D eigenvalue weighted by Gasteiger charge is 2.63. The molecule has 0 aromatic heterocycles. The molecular formula is C31H46O8. The van der Waals surface area contributed by atoms with E-state index < -0.39 is 24.5 Å². The van der Waals surface area contributed by atoms with Crippen molar-refractivity contribution in [1.29, 1.82) is 0 Å². The van der Waals surface area contributed by atoms with Crippen LogP contribution in [0.25, 0.3) is 0 Å². The first-order valence-corrected chi connectivity index (χ1v) is 14.9. The second kappa shape index (κ2) is 11.8. The molecule has 0 saturated heterocycles. The third-order valence-electron chi connectivity index (χ3n) is 10.8. The number of unbranched alkanes of at least 4 members (excludes halogenated alkanes) is 3. The highest BCUT2D eigenvalue weighted by Crippen LogP contribution is 2.67. The Bertz CT molecular complexity index is 989. The molecule has 8 atom stereocenters. The molecule has 8 heteroatoms. The van der Waals surface area contributed by atoms with Gasteiger partial charge < -0.3 is 19.3 Å². The molecule has 2 unspecified atom stereocenters. The number of allylic oxidation sites excluding steroid dienone is 1. The van der Waals surface area contributed by atoms with Gasteiger partial charge in [-0.25, -0.2) is 0 Å². The first-order chi connectivity index (χ1) is 18.6. The van der Waals surface area contributed by atoms with E-state index in [9.17, 15) is 24.3 Å². The lowest BCUT2D eigenvalue weighted by Crippen LogP contribution is -2.57. The lowest BCUT2D eigenvalue weighted by Gasteiger charge is -2.59. The third-order valence-corrected chi connectivity index (χ3v) is 10.8. The SMILES string of the molecule is CCCCCCOC(OC=O)(OC(C)=O)C1C[C@@]2(C)C(=CC1=O)CC[C@H]1[C@@H]3CC[C@H](C(=O)CO)[C@@]3(C)CC[C@@H]12. The topological polar surface area (TPSA) is 116 Å². The van der Waals surface area contributed by atoms with Crippen molar-refractivity contribution in [3.8, 4) is 0 Å². The Morgan fingerprint density at radius 3 is 2.56 bits per heavy atom. The molecule has 0 bridgehead atoms. The maximum atomic E-state index is 13.6. The number of ketones is 2. The molecule has 0 spiro atoms. The van der Waals surface area contributed by atoms with Gasteiger partial charge in [0, 0.05) is 12.8 Å². The number of esters is 1. The number of rotatable bonds is 12. The van der Waals surface area contributed by atoms with Gasteiger partial charge in [-0.15, -0.1) is 0 Å². The summed E-state index contributed by atoms with van der Waals surface area (Å²) in [5.41, 5.74) is 0.637. The fourth-order valence-corrected chi connectivity index (χ4v) is 8.93. The number of hydrogen-bond donors (Lipinski definition) is 1. The van der Waals surface area contributed by atoms with E-state index >= 15 is 0 Å². The second-order valence-electron chi connectivity index (χ2n) is 12.8. The Morgan fingerprint density at radius 1 is 1.13 bits per heavy atom. The number of Topliss-reactive ketones (excluding diaryl/α,β-unsaturated/α-hetero) is 1. The van der Waals surface area contributed by atoms with Crippen LogP contribution in [0.15, 0.2) is 11.6 Å². The first-order valence-electron chi connectivity index (χ1n) is 14.9. The third kappa shape index (κ3) is 5.35. The van der Waals surface area contributed by atoms with Gasteiger partial charge in [0.05, 0.1) is 6.61 Å². The summed E-state index contributed by atoms with van der Waals surface area (Å²) in [6, 6.07) is 0. The van der Waals surface area contributed by atoms with Crippen molar-refractivity contribution in [3.05, 3.63) is 11.6 Å². The van der Waals surface area contributed by atoms with Crippen molar-refractivity contribution in [2.75, 3.05) is 13.2 Å². The number of hydrogen-bond acceptors (Lipinski definition) is 8. The predicted octanol–water partition coefficient (Wildman–Crippen LogP) is 4.91. The molecule has 0 radical (unpaired) electrons. The largest absolute Gasteiger partial charge is 0.400 e. The normalized spacial score (nSPS) is 37.0. The Balaban J connectivity index is 1.63. The standard InChI is InChI=1S/C31H46O8/c1-5-6-7-8-15-37-31(38-19-33,39-20(2)34)26-17-30(4)21(16-27(26)35)9-10-22-23-11-12-25(28(36)18-32)29(23,3)14-13-24(22)30/h16,19,22-26,32H,5-15,17-18H2,1-4H3/t22-,23-,24-,25+,26?,29-,30-,31?/m0/s1. The molecule has 39 heavy (non-hydrogen) atoms. The van der Waals surface area contributed by atoms with Gasteiger partial charge in [-0.1, -0.05) is 45.6 Å². The molecule has 1 N–H and O–H groups in total. The van der Waals surface area contributed by atoms with E-state index in [1.165, 1.54) is 6.92 Å². The molecule has 0 aliphatic heterocycles. The molecular weight excluding hydrogens is 500 g/mol. The van der Waals surface area contributed by atoms with Crippen LogP contribution in [-0.2, 0) is 33.4 Å². The van der Waals surface area contributed by atoms with Crippen molar-refractivity contribution in [3.63, 3.8) is 0 Å². The van der Waals surface area contributed by atoms with Gasteiger partial charge in [-0.3, -0.25) is 19.2 Å². The van der Waals surface area contributed by atoms with Crippen molar-refractivity contribution < 1.29 is 38.5 Å². The number of ether oxygens (including phenoxy) is 3. The number of aliphatic hydroxyl groups excluding tert-OH is 1. The minimum absolute atomic E-state index is 0.0438. The molecule has 0 heterocycles. The van der Waals surface area contributed by atoms with E-state index in [1.54, 1.807) is 6.08 Å². The van der Waals surface area contributed by atoms with Crippen LogP contribution < -0.4 is 0 Å². The summed E-state index contributed by atoms with van der Waals surface area (Å²) in [5, 5.41) is 9.59. The Morgan fingerprint density at radius 2 is 1.90 bits per heavy atom. The number of carbonyl (C=O) groups is 4. The zero-order valence-electron chi connectivity index (χ0n) is 24.0. The molecule has 4 aliphatic carbocycles. The highest BCUT2D eigenvalue weighted by molar-refractivity contribution is 5.94. The minimum Gasteiger partial charge on any atom is -0.400 e. The van der Waals surface area contributed by atoms with E-state index in [0.29, 0.717) is 24.7 Å². The first kappa shape index (κ1) is 29.9. The number of carbonyl (C=O) groups excluding carboxylic acids is 4. The van der Waals surface area contributed by atoms with E-state index in [0.717, 1.165) is 63.4 Å². The second-order valence-corrected chi connectivity index (χ2v) is 12.8. The van der Waals surface area contributed by atoms with Crippen LogP contribution in [0.1, 0.15) is 98.3 Å². The van der Waals surface area contributed by atoms with Crippen LogP contribution in [0.4, 0.5) is 0 Å². The van der Waals surface area contributed by atoms with Crippen molar-refractivity contribution in [1.82, 2.24) is 0 Å². The number of aliphatic hydroxyl groups is 1. The van der Waals surface area contributed by atoms with Crippen molar-refractivity contribution in [2.24, 2.45) is 40.4 Å². The number of fused-ring (bicyclic) bond motifs is 5. The fraction of sp³-hybridized carbons (Fsp3) is 0.806. The lowest BCUT2D eigenvalue weighted by atomic mass is 9.46. The summed E-state index contributed by atoms with van der Waals surface area (Å²) < 4.78 is 17.0. The average Bonchev–Trinajstić information content (AvgIpc) is 3.25. The van der Waals surface area contributed by atoms with Gasteiger partial charge >= 0.3 is 11.9 Å². The van der Waals surface area contributed by atoms with Gasteiger partial charge in [0.2, 0.25) is 0 Å². The minimum atomic E-state index is -2.09. The Kier molecular flexibility index (Phi) is 9.06. The maximum absolute atomic E-state index is 13.6. The lowest BCUT2D eigenvalue weighted by molar-refractivity contribution is -0.362. The van der Waals surface area contributed by atoms with E-state index in [2.05, 4.69) is 20.8 Å². The van der Waals surface area contributed by atoms with E-state index in [1.807, 2.05) is 0 Å². The predicted molar refractivity (Wildman–Crippen MR) is 143 cm³/mol. The van der Waals surface area contributed by atoms with E-state index in [4.69, 9.17) is 14.2 Å². The smallest absolute Gasteiger partial charge is 0.386 e. The van der Waals surface area contributed by atoms with Crippen LogP contribution >= 0.6 is 0 Å². The zero-order valence-corrected chi connectivity index (χ0v) is 24.0. The fourth-order valence-electron chi connectivity index (χ4n) is 8.93. The summed E-state index contributed by atoms with van der Waals surface area (Å²) in [6.45, 7) is 7.76. The zero-order chi connectivity index (χ0) is 28.4. The quantitative estimate of drug-likeness (QED) is 0.159. The molecule has 8 nitrogen and oxygen atoms in total. The van der Waals surface area contributed by atoms with Gasteiger partial charge in [-0.2, -0.15) is 0 Å². The molecule has 0 amide bonds. The summed E-state index contributed by atoms with van der Waals surface area (Å²) in [5.74, 6) is -3.08. The molecule has 0 aromatic rings. The summed E-state index contributed by atoms with van der Waals surface area (Å²) in [4.78, 5) is 50.1. The van der Waals surface area contributed by atoms with Crippen LogP contribution in [0, 0.1) is 40.4 Å². The molecule has 218 valence electrons. The molecule has 4 aliphatic rings. The van der Waals surface area contributed by atoms with Crippen LogP contribution in [0.2, 0.25) is 0 Å².